The number of hydrogen-bond acceptors (Lipinski definition) is 4. The van der Waals surface area contributed by atoms with Gasteiger partial charge in [-0.25, -0.2) is 9.97 Å². The van der Waals surface area contributed by atoms with Crippen molar-refractivity contribution in [3.63, 3.8) is 0 Å². The second kappa shape index (κ2) is 8.92. The number of hydrogen-bond donors (Lipinski definition) is 1. The molecule has 0 unspecified atom stereocenters. The molecule has 0 saturated heterocycles. The van der Waals surface area contributed by atoms with Crippen molar-refractivity contribution in [2.75, 3.05) is 5.32 Å². The third-order valence-electron chi connectivity index (χ3n) is 2.76. The summed E-state index contributed by atoms with van der Waals surface area (Å²) in [5.41, 5.74) is 3.61. The molecule has 0 amide bonds. The zero-order valence-corrected chi connectivity index (χ0v) is 17.4. The van der Waals surface area contributed by atoms with Gasteiger partial charge in [-0.15, -0.1) is 6.07 Å². The number of nitrogens with one attached hydrogen (secondary N) is 1. The van der Waals surface area contributed by atoms with Crippen molar-refractivity contribution in [3.05, 3.63) is 49.0 Å². The molecule has 0 aliphatic carbocycles. The fourth-order valence-electron chi connectivity index (χ4n) is 1.83. The van der Waals surface area contributed by atoms with Crippen molar-refractivity contribution < 1.29 is 31.1 Å². The molecule has 0 saturated carbocycles. The molecule has 0 aromatic carbocycles. The van der Waals surface area contributed by atoms with Gasteiger partial charge in [0.25, 0.3) is 0 Å². The molecule has 1 N–H and O–H groups in total. The Labute approximate surface area is 155 Å². The summed E-state index contributed by atoms with van der Waals surface area (Å²) in [7, 11) is 1.97. The van der Waals surface area contributed by atoms with Crippen LogP contribution in [0.15, 0.2) is 30.7 Å². The van der Waals surface area contributed by atoms with Crippen molar-refractivity contribution in [1.29, 1.82) is 0 Å². The summed E-state index contributed by atoms with van der Waals surface area (Å²) in [5.74, 6) is 0.759. The first-order valence-electron chi connectivity index (χ1n) is 6.78. The average Bonchev–Trinajstić information content (AvgIpc) is 2.85. The SMILES string of the molecule is C[CH-]C.Cc1ccc(Nc2ncnc3ccn(C)c23)[c-]n1.[U+2]. The van der Waals surface area contributed by atoms with Crippen LogP contribution in [0, 0.1) is 50.7 Å². The molecular weight excluding hydrogens is 500 g/mol. The van der Waals surface area contributed by atoms with Crippen LogP contribution in [-0.4, -0.2) is 19.5 Å². The van der Waals surface area contributed by atoms with Gasteiger partial charge in [-0.1, -0.05) is 24.5 Å². The standard InChI is InChI=1S/C13H12N5.C3H7.U/c1-9-3-4-10(7-14-9)17-13-12-11(15-8-16-13)5-6-18(12)2;1-3-2;/h3-6,8H,1-2H3,(H,15,16,17);3H,1-2H3;/q2*-1;+2. The van der Waals surface area contributed by atoms with Crippen LogP contribution in [-0.2, 0) is 7.05 Å². The van der Waals surface area contributed by atoms with Gasteiger partial charge < -0.3 is 21.3 Å². The minimum atomic E-state index is 0. The minimum Gasteiger partial charge on any atom is -0.389 e. The summed E-state index contributed by atoms with van der Waals surface area (Å²) in [6.45, 7) is 5.93. The molecule has 0 bridgehead atoms. The van der Waals surface area contributed by atoms with E-state index in [-0.39, 0.29) is 31.1 Å². The van der Waals surface area contributed by atoms with Crippen LogP contribution >= 0.6 is 0 Å². The molecule has 3 rings (SSSR count). The Morgan fingerprint density at radius 2 is 1.91 bits per heavy atom. The van der Waals surface area contributed by atoms with E-state index >= 15 is 0 Å². The summed E-state index contributed by atoms with van der Waals surface area (Å²) in [5, 5.41) is 3.21. The van der Waals surface area contributed by atoms with E-state index in [1.54, 1.807) is 6.33 Å². The Hall–Kier alpha value is -1.38. The average molecular weight is 519 g/mol. The predicted octanol–water partition coefficient (Wildman–Crippen LogP) is 3.45. The zero-order chi connectivity index (χ0) is 15.2. The molecule has 6 heteroatoms. The molecule has 0 aliphatic rings. The van der Waals surface area contributed by atoms with Crippen molar-refractivity contribution >= 4 is 22.5 Å². The van der Waals surface area contributed by atoms with Crippen molar-refractivity contribution in [3.8, 4) is 0 Å². The Morgan fingerprint density at radius 1 is 1.18 bits per heavy atom. The van der Waals surface area contributed by atoms with Gasteiger partial charge in [-0.2, -0.15) is 19.9 Å². The molecule has 0 radical (unpaired) electrons. The second-order valence-corrected chi connectivity index (χ2v) is 4.70. The van der Waals surface area contributed by atoms with E-state index in [0.717, 1.165) is 28.2 Å². The van der Waals surface area contributed by atoms with Gasteiger partial charge in [0.15, 0.2) is 5.82 Å². The van der Waals surface area contributed by atoms with Crippen LogP contribution < -0.4 is 5.32 Å². The molecule has 112 valence electrons. The monoisotopic (exact) mass is 519 g/mol. The Morgan fingerprint density at radius 3 is 2.55 bits per heavy atom. The van der Waals surface area contributed by atoms with Gasteiger partial charge >= 0.3 is 31.1 Å². The third kappa shape index (κ3) is 4.56. The maximum atomic E-state index is 4.27. The number of anilines is 2. The van der Waals surface area contributed by atoms with Gasteiger partial charge in [0.05, 0.1) is 5.52 Å². The summed E-state index contributed by atoms with van der Waals surface area (Å²) in [4.78, 5) is 12.6. The largest absolute Gasteiger partial charge is 2.00 e. The summed E-state index contributed by atoms with van der Waals surface area (Å²) in [6, 6.07) is 5.82. The van der Waals surface area contributed by atoms with E-state index in [2.05, 4.69) is 26.5 Å². The zero-order valence-electron chi connectivity index (χ0n) is 13.3. The van der Waals surface area contributed by atoms with E-state index in [1.165, 1.54) is 0 Å². The summed E-state index contributed by atoms with van der Waals surface area (Å²) in [6.07, 6.45) is 8.44. The van der Waals surface area contributed by atoms with Crippen molar-refractivity contribution in [2.24, 2.45) is 7.05 Å². The predicted molar refractivity (Wildman–Crippen MR) is 85.2 cm³/mol. The Kier molecular flexibility index (Phi) is 7.57. The van der Waals surface area contributed by atoms with Gasteiger partial charge in [-0.05, 0) is 6.07 Å². The molecular formula is C16H19N5U. The molecule has 22 heavy (non-hydrogen) atoms. The molecule has 0 spiro atoms. The second-order valence-electron chi connectivity index (χ2n) is 4.70. The van der Waals surface area contributed by atoms with Gasteiger partial charge in [0.2, 0.25) is 0 Å². The molecule has 0 aliphatic heterocycles. The first kappa shape index (κ1) is 18.7. The van der Waals surface area contributed by atoms with E-state index in [4.69, 9.17) is 0 Å². The van der Waals surface area contributed by atoms with Crippen molar-refractivity contribution in [2.45, 2.75) is 20.8 Å². The molecule has 0 atom stereocenters. The van der Waals surface area contributed by atoms with E-state index in [1.807, 2.05) is 63.2 Å². The molecule has 3 heterocycles. The third-order valence-corrected chi connectivity index (χ3v) is 2.76. The first-order valence-corrected chi connectivity index (χ1v) is 6.78. The van der Waals surface area contributed by atoms with Crippen LogP contribution in [0.25, 0.3) is 11.0 Å². The molecule has 0 fully saturated rings. The van der Waals surface area contributed by atoms with Crippen LogP contribution in [0.5, 0.6) is 0 Å². The fraction of sp³-hybridized carbons (Fsp3) is 0.250. The minimum absolute atomic E-state index is 0. The maximum absolute atomic E-state index is 4.27. The van der Waals surface area contributed by atoms with Gasteiger partial charge in [-0.3, -0.25) is 0 Å². The molecule has 5 nitrogen and oxygen atoms in total. The summed E-state index contributed by atoms with van der Waals surface area (Å²) >= 11 is 0. The Balaban J connectivity index is 0.000000562. The number of pyridine rings is 1. The number of fused-ring (bicyclic) bond motifs is 1. The van der Waals surface area contributed by atoms with Gasteiger partial charge in [0, 0.05) is 13.2 Å². The number of aryl methyl sites for hydroxylation is 2. The maximum Gasteiger partial charge on any atom is 2.00 e. The summed E-state index contributed by atoms with van der Waals surface area (Å²) < 4.78 is 1.99. The van der Waals surface area contributed by atoms with E-state index in [0.29, 0.717) is 0 Å². The number of nitrogens with zero attached hydrogens (tertiary/aromatic N) is 4. The van der Waals surface area contributed by atoms with Gasteiger partial charge in [0.1, 0.15) is 11.8 Å². The Bertz CT molecular complexity index is 706. The molecule has 3 aromatic rings. The first-order chi connectivity index (χ1) is 10.2. The quantitative estimate of drug-likeness (QED) is 0.528. The number of rotatable bonds is 2. The fourth-order valence-corrected chi connectivity index (χ4v) is 1.83. The van der Waals surface area contributed by atoms with Crippen LogP contribution in [0.4, 0.5) is 11.5 Å². The molecule has 3 aromatic heterocycles. The topological polar surface area (TPSA) is 55.6 Å². The van der Waals surface area contributed by atoms with E-state index in [9.17, 15) is 0 Å². The van der Waals surface area contributed by atoms with Crippen LogP contribution in [0.3, 0.4) is 0 Å². The van der Waals surface area contributed by atoms with Crippen LogP contribution in [0.2, 0.25) is 0 Å². The van der Waals surface area contributed by atoms with Crippen LogP contribution in [0.1, 0.15) is 19.5 Å². The van der Waals surface area contributed by atoms with Crippen molar-refractivity contribution in [1.82, 2.24) is 19.5 Å². The number of aromatic nitrogens is 4. The van der Waals surface area contributed by atoms with E-state index < -0.39 is 0 Å². The normalized spacial score (nSPS) is 9.64. The smallest absolute Gasteiger partial charge is 0.389 e.